The van der Waals surface area contributed by atoms with E-state index in [2.05, 4.69) is 13.5 Å². The van der Waals surface area contributed by atoms with E-state index in [0.29, 0.717) is 27.8 Å². The van der Waals surface area contributed by atoms with Gasteiger partial charge in [0, 0.05) is 12.2 Å². The van der Waals surface area contributed by atoms with Crippen molar-refractivity contribution < 1.29 is 9.90 Å². The SMILES string of the molecule is C=C(CCCC)CN(c1ccccc1CC(=O)O)c1c(Cl)cccc1Cl. The van der Waals surface area contributed by atoms with Gasteiger partial charge in [-0.15, -0.1) is 0 Å². The normalized spacial score (nSPS) is 10.6. The third kappa shape index (κ3) is 5.26. The van der Waals surface area contributed by atoms with Gasteiger partial charge in [0.05, 0.1) is 22.2 Å². The Morgan fingerprint density at radius 3 is 2.38 bits per heavy atom. The van der Waals surface area contributed by atoms with Gasteiger partial charge in [0.1, 0.15) is 0 Å². The largest absolute Gasteiger partial charge is 0.481 e. The lowest BCUT2D eigenvalue weighted by atomic mass is 10.1. The van der Waals surface area contributed by atoms with Gasteiger partial charge < -0.3 is 10.0 Å². The molecular formula is C21H23Cl2NO2. The van der Waals surface area contributed by atoms with Gasteiger partial charge in [-0.2, -0.15) is 0 Å². The zero-order chi connectivity index (χ0) is 19.1. The molecule has 138 valence electrons. The Balaban J connectivity index is 2.51. The summed E-state index contributed by atoms with van der Waals surface area (Å²) < 4.78 is 0. The van der Waals surface area contributed by atoms with Crippen LogP contribution in [0.2, 0.25) is 10.0 Å². The zero-order valence-electron chi connectivity index (χ0n) is 14.8. The van der Waals surface area contributed by atoms with Crippen molar-refractivity contribution in [3.63, 3.8) is 0 Å². The van der Waals surface area contributed by atoms with Gasteiger partial charge in [0.2, 0.25) is 0 Å². The Labute approximate surface area is 164 Å². The quantitative estimate of drug-likeness (QED) is 0.495. The van der Waals surface area contributed by atoms with E-state index in [0.717, 1.165) is 30.5 Å². The van der Waals surface area contributed by atoms with Crippen molar-refractivity contribution in [1.29, 1.82) is 0 Å². The summed E-state index contributed by atoms with van der Waals surface area (Å²) in [7, 11) is 0. The lowest BCUT2D eigenvalue weighted by Crippen LogP contribution is -2.22. The molecule has 0 bridgehead atoms. The monoisotopic (exact) mass is 391 g/mol. The molecule has 0 aromatic heterocycles. The zero-order valence-corrected chi connectivity index (χ0v) is 16.4. The fourth-order valence-corrected chi connectivity index (χ4v) is 3.45. The first kappa shape index (κ1) is 20.3. The molecule has 0 saturated carbocycles. The number of aliphatic carboxylic acids is 1. The van der Waals surface area contributed by atoms with Gasteiger partial charge in [-0.3, -0.25) is 4.79 Å². The number of rotatable bonds is 9. The van der Waals surface area contributed by atoms with Crippen LogP contribution in [0.5, 0.6) is 0 Å². The first-order valence-electron chi connectivity index (χ1n) is 8.62. The van der Waals surface area contributed by atoms with Crippen molar-refractivity contribution in [2.45, 2.75) is 32.6 Å². The maximum absolute atomic E-state index is 11.3. The van der Waals surface area contributed by atoms with Crippen LogP contribution in [0.1, 0.15) is 31.7 Å². The van der Waals surface area contributed by atoms with E-state index in [1.165, 1.54) is 0 Å². The summed E-state index contributed by atoms with van der Waals surface area (Å²) in [5.41, 5.74) is 3.21. The third-order valence-corrected chi connectivity index (χ3v) is 4.71. The highest BCUT2D eigenvalue weighted by Crippen LogP contribution is 2.39. The summed E-state index contributed by atoms with van der Waals surface area (Å²) in [6, 6.07) is 12.8. The molecule has 2 aromatic carbocycles. The predicted octanol–water partition coefficient (Wildman–Crippen LogP) is 6.51. The molecule has 0 aliphatic heterocycles. The summed E-state index contributed by atoms with van der Waals surface area (Å²) >= 11 is 12.9. The van der Waals surface area contributed by atoms with E-state index in [4.69, 9.17) is 23.2 Å². The number of halogens is 2. The molecule has 26 heavy (non-hydrogen) atoms. The Hall–Kier alpha value is -1.97. The molecule has 0 atom stereocenters. The van der Waals surface area contributed by atoms with Crippen molar-refractivity contribution in [1.82, 2.24) is 0 Å². The highest BCUT2D eigenvalue weighted by atomic mass is 35.5. The smallest absolute Gasteiger partial charge is 0.307 e. The number of carbonyl (C=O) groups is 1. The molecule has 0 aliphatic rings. The summed E-state index contributed by atoms with van der Waals surface area (Å²) in [5.74, 6) is -0.882. The van der Waals surface area contributed by atoms with E-state index in [9.17, 15) is 9.90 Å². The number of hydrogen-bond donors (Lipinski definition) is 1. The minimum atomic E-state index is -0.882. The summed E-state index contributed by atoms with van der Waals surface area (Å²) in [4.78, 5) is 13.3. The van der Waals surface area contributed by atoms with Crippen LogP contribution in [-0.4, -0.2) is 17.6 Å². The van der Waals surface area contributed by atoms with Gasteiger partial charge in [-0.05, 0) is 36.6 Å². The first-order chi connectivity index (χ1) is 12.4. The molecule has 1 N–H and O–H groups in total. The minimum absolute atomic E-state index is 0.0732. The molecule has 0 fully saturated rings. The number of hydrogen-bond acceptors (Lipinski definition) is 2. The standard InChI is InChI=1S/C21H23Cl2NO2/c1-3-4-8-15(2)14-24(21-17(22)10-7-11-18(21)23)19-12-6-5-9-16(19)13-20(25)26/h5-7,9-12H,2-4,8,13-14H2,1H3,(H,25,26). The Morgan fingerprint density at radius 2 is 1.77 bits per heavy atom. The summed E-state index contributed by atoms with van der Waals surface area (Å²) in [6.07, 6.45) is 2.97. The second kappa shape index (κ2) is 9.65. The van der Waals surface area contributed by atoms with E-state index < -0.39 is 5.97 Å². The van der Waals surface area contributed by atoms with Crippen molar-refractivity contribution in [2.75, 3.05) is 11.4 Å². The molecule has 2 aromatic rings. The van der Waals surface area contributed by atoms with Crippen molar-refractivity contribution >= 4 is 40.5 Å². The molecule has 3 nitrogen and oxygen atoms in total. The number of carboxylic acids is 1. The number of unbranched alkanes of at least 4 members (excludes halogenated alkanes) is 1. The van der Waals surface area contributed by atoms with Gasteiger partial charge in [-0.25, -0.2) is 0 Å². The number of benzene rings is 2. The van der Waals surface area contributed by atoms with Crippen LogP contribution < -0.4 is 4.90 Å². The molecule has 0 spiro atoms. The topological polar surface area (TPSA) is 40.5 Å². The van der Waals surface area contributed by atoms with Crippen LogP contribution in [0.4, 0.5) is 11.4 Å². The summed E-state index contributed by atoms with van der Waals surface area (Å²) in [5, 5.41) is 10.3. The Kier molecular flexibility index (Phi) is 7.55. The molecule has 0 aliphatic carbocycles. The number of carboxylic acid groups (broad SMARTS) is 1. The Bertz CT molecular complexity index is 769. The molecule has 0 heterocycles. The van der Waals surface area contributed by atoms with Gasteiger partial charge >= 0.3 is 5.97 Å². The van der Waals surface area contributed by atoms with Gasteiger partial charge in [0.15, 0.2) is 0 Å². The average molecular weight is 392 g/mol. The average Bonchev–Trinajstić information content (AvgIpc) is 2.59. The third-order valence-electron chi connectivity index (χ3n) is 4.10. The molecule has 5 heteroatoms. The van der Waals surface area contributed by atoms with Gasteiger partial charge in [-0.1, -0.05) is 73.0 Å². The van der Waals surface area contributed by atoms with Crippen LogP contribution in [0.3, 0.4) is 0 Å². The van der Waals surface area contributed by atoms with E-state index in [1.54, 1.807) is 18.2 Å². The van der Waals surface area contributed by atoms with Crippen LogP contribution in [0.15, 0.2) is 54.6 Å². The maximum atomic E-state index is 11.3. The van der Waals surface area contributed by atoms with Crippen molar-refractivity contribution in [2.24, 2.45) is 0 Å². The van der Waals surface area contributed by atoms with E-state index in [1.807, 2.05) is 29.2 Å². The van der Waals surface area contributed by atoms with Gasteiger partial charge in [0.25, 0.3) is 0 Å². The second-order valence-corrected chi connectivity index (χ2v) is 7.02. The Morgan fingerprint density at radius 1 is 1.12 bits per heavy atom. The van der Waals surface area contributed by atoms with Crippen molar-refractivity contribution in [3.8, 4) is 0 Å². The predicted molar refractivity (Wildman–Crippen MR) is 110 cm³/mol. The molecule has 0 radical (unpaired) electrons. The van der Waals surface area contributed by atoms with Crippen LogP contribution in [0, 0.1) is 0 Å². The van der Waals surface area contributed by atoms with Crippen LogP contribution in [0.25, 0.3) is 0 Å². The van der Waals surface area contributed by atoms with E-state index in [-0.39, 0.29) is 6.42 Å². The van der Waals surface area contributed by atoms with Crippen LogP contribution in [-0.2, 0) is 11.2 Å². The maximum Gasteiger partial charge on any atom is 0.307 e. The van der Waals surface area contributed by atoms with Crippen LogP contribution >= 0.6 is 23.2 Å². The number of para-hydroxylation sites is 2. The van der Waals surface area contributed by atoms with Crippen molar-refractivity contribution in [3.05, 3.63) is 70.2 Å². The highest BCUT2D eigenvalue weighted by Gasteiger charge is 2.20. The highest BCUT2D eigenvalue weighted by molar-refractivity contribution is 6.39. The molecule has 0 unspecified atom stereocenters. The number of anilines is 2. The minimum Gasteiger partial charge on any atom is -0.481 e. The fourth-order valence-electron chi connectivity index (χ4n) is 2.85. The summed E-state index contributed by atoms with van der Waals surface area (Å²) in [6.45, 7) is 6.85. The lowest BCUT2D eigenvalue weighted by molar-refractivity contribution is -0.136. The second-order valence-electron chi connectivity index (χ2n) is 6.21. The fraction of sp³-hybridized carbons (Fsp3) is 0.286. The first-order valence-corrected chi connectivity index (χ1v) is 9.37. The lowest BCUT2D eigenvalue weighted by Gasteiger charge is -2.29. The molecular weight excluding hydrogens is 369 g/mol. The molecule has 0 saturated heterocycles. The molecule has 2 rings (SSSR count). The van der Waals surface area contributed by atoms with E-state index >= 15 is 0 Å². The molecule has 0 amide bonds. The number of nitrogens with zero attached hydrogens (tertiary/aromatic N) is 1.